The van der Waals surface area contributed by atoms with E-state index in [4.69, 9.17) is 5.14 Å². The highest BCUT2D eigenvalue weighted by molar-refractivity contribution is 9.10. The summed E-state index contributed by atoms with van der Waals surface area (Å²) in [5.74, 6) is -0.273. The van der Waals surface area contributed by atoms with Gasteiger partial charge in [-0.05, 0) is 47.0 Å². The average molecular weight is 319 g/mol. The Morgan fingerprint density at radius 1 is 1.41 bits per heavy atom. The molecule has 5 nitrogen and oxygen atoms in total. The van der Waals surface area contributed by atoms with Gasteiger partial charge in [0.05, 0.1) is 4.90 Å². The summed E-state index contributed by atoms with van der Waals surface area (Å²) in [5.41, 5.74) is 0.295. The van der Waals surface area contributed by atoms with Crippen LogP contribution in [-0.4, -0.2) is 20.4 Å². The Bertz CT molecular complexity index is 567. The van der Waals surface area contributed by atoms with E-state index in [9.17, 15) is 13.2 Å². The summed E-state index contributed by atoms with van der Waals surface area (Å²) in [5, 5.41) is 7.83. The molecule has 1 aliphatic rings. The Balaban J connectivity index is 2.33. The first-order valence-corrected chi connectivity index (χ1v) is 7.35. The van der Waals surface area contributed by atoms with E-state index in [-0.39, 0.29) is 16.8 Å². The van der Waals surface area contributed by atoms with Gasteiger partial charge in [-0.1, -0.05) is 0 Å². The fourth-order valence-corrected chi connectivity index (χ4v) is 2.91. The highest BCUT2D eigenvalue weighted by Gasteiger charge is 2.24. The molecule has 1 aromatic carbocycles. The minimum atomic E-state index is -3.83. The second kappa shape index (κ2) is 4.40. The van der Waals surface area contributed by atoms with Crippen LogP contribution in [0.3, 0.4) is 0 Å². The molecule has 0 unspecified atom stereocenters. The molecule has 0 bridgehead atoms. The molecule has 1 aliphatic carbocycles. The number of amides is 1. The van der Waals surface area contributed by atoms with Crippen molar-refractivity contribution < 1.29 is 13.2 Å². The van der Waals surface area contributed by atoms with Crippen molar-refractivity contribution in [1.29, 1.82) is 0 Å². The van der Waals surface area contributed by atoms with Crippen LogP contribution in [0.15, 0.2) is 27.6 Å². The van der Waals surface area contributed by atoms with Crippen molar-refractivity contribution in [1.82, 2.24) is 5.32 Å². The van der Waals surface area contributed by atoms with E-state index in [0.717, 1.165) is 12.8 Å². The van der Waals surface area contributed by atoms with Crippen molar-refractivity contribution in [2.75, 3.05) is 0 Å². The van der Waals surface area contributed by atoms with Crippen molar-refractivity contribution >= 4 is 31.9 Å². The number of hydrogen-bond donors (Lipinski definition) is 2. The third-order valence-electron chi connectivity index (χ3n) is 2.41. The zero-order chi connectivity index (χ0) is 12.6. The molecule has 1 fully saturated rings. The maximum Gasteiger partial charge on any atom is 0.251 e. The first-order valence-electron chi connectivity index (χ1n) is 5.01. The molecule has 7 heteroatoms. The number of hydrogen-bond acceptors (Lipinski definition) is 3. The van der Waals surface area contributed by atoms with E-state index in [2.05, 4.69) is 21.2 Å². The third-order valence-corrected chi connectivity index (χ3v) is 4.32. The normalized spacial score (nSPS) is 15.6. The predicted molar refractivity (Wildman–Crippen MR) is 66.0 cm³/mol. The lowest BCUT2D eigenvalue weighted by molar-refractivity contribution is 0.0951. The van der Waals surface area contributed by atoms with Gasteiger partial charge in [0.1, 0.15) is 0 Å². The highest BCUT2D eigenvalue weighted by atomic mass is 79.9. The second-order valence-electron chi connectivity index (χ2n) is 3.94. The topological polar surface area (TPSA) is 89.3 Å². The number of carbonyl (C=O) groups is 1. The first-order chi connectivity index (χ1) is 7.88. The molecular formula is C10H11BrN2O3S. The van der Waals surface area contributed by atoms with Gasteiger partial charge < -0.3 is 5.32 Å². The summed E-state index contributed by atoms with van der Waals surface area (Å²) in [6, 6.07) is 4.55. The number of carbonyl (C=O) groups excluding carboxylic acids is 1. The molecule has 1 amide bonds. The molecule has 0 saturated heterocycles. The van der Waals surface area contributed by atoms with Crippen molar-refractivity contribution in [2.24, 2.45) is 5.14 Å². The van der Waals surface area contributed by atoms with Crippen molar-refractivity contribution in [3.05, 3.63) is 28.2 Å². The van der Waals surface area contributed by atoms with Gasteiger partial charge in [0.2, 0.25) is 10.0 Å². The molecule has 0 aromatic heterocycles. The van der Waals surface area contributed by atoms with Crippen LogP contribution in [0.2, 0.25) is 0 Å². The number of benzene rings is 1. The molecule has 0 heterocycles. The Morgan fingerprint density at radius 2 is 2.06 bits per heavy atom. The molecule has 3 N–H and O–H groups in total. The quantitative estimate of drug-likeness (QED) is 0.870. The van der Waals surface area contributed by atoms with Gasteiger partial charge in [-0.2, -0.15) is 0 Å². The molecular weight excluding hydrogens is 308 g/mol. The Morgan fingerprint density at radius 3 is 2.59 bits per heavy atom. The summed E-state index contributed by atoms with van der Waals surface area (Å²) < 4.78 is 22.9. The van der Waals surface area contributed by atoms with Gasteiger partial charge in [0, 0.05) is 16.1 Å². The van der Waals surface area contributed by atoms with Crippen LogP contribution in [0.5, 0.6) is 0 Å². The Labute approximate surface area is 108 Å². The first kappa shape index (κ1) is 12.5. The molecule has 0 atom stereocenters. The minimum absolute atomic E-state index is 0.0825. The number of nitrogens with one attached hydrogen (secondary N) is 1. The van der Waals surface area contributed by atoms with E-state index in [1.807, 2.05) is 0 Å². The minimum Gasteiger partial charge on any atom is -0.349 e. The van der Waals surface area contributed by atoms with Crippen LogP contribution in [0.1, 0.15) is 23.2 Å². The standard InChI is InChI=1S/C10H11BrN2O3S/c11-8-4-1-6(5-9(8)17(12,15)16)10(14)13-7-2-3-7/h1,4-5,7H,2-3H2,(H,13,14)(H2,12,15,16). The van der Waals surface area contributed by atoms with Crippen molar-refractivity contribution in [3.63, 3.8) is 0 Å². The van der Waals surface area contributed by atoms with Crippen LogP contribution in [-0.2, 0) is 10.0 Å². The van der Waals surface area contributed by atoms with Gasteiger partial charge in [-0.15, -0.1) is 0 Å². The van der Waals surface area contributed by atoms with Gasteiger partial charge in [0.25, 0.3) is 5.91 Å². The third kappa shape index (κ3) is 3.05. The van der Waals surface area contributed by atoms with Gasteiger partial charge in [0.15, 0.2) is 0 Å². The van der Waals surface area contributed by atoms with E-state index < -0.39 is 10.0 Å². The van der Waals surface area contributed by atoms with E-state index >= 15 is 0 Å². The lowest BCUT2D eigenvalue weighted by Crippen LogP contribution is -2.25. The number of rotatable bonds is 3. The number of halogens is 1. The fraction of sp³-hybridized carbons (Fsp3) is 0.300. The van der Waals surface area contributed by atoms with E-state index in [1.54, 1.807) is 6.07 Å². The zero-order valence-electron chi connectivity index (χ0n) is 8.81. The summed E-state index contributed by atoms with van der Waals surface area (Å²) in [7, 11) is -3.83. The Hall–Kier alpha value is -0.920. The molecule has 0 radical (unpaired) electrons. The van der Waals surface area contributed by atoms with Crippen LogP contribution in [0.25, 0.3) is 0 Å². The molecule has 0 aliphatic heterocycles. The molecule has 92 valence electrons. The summed E-state index contributed by atoms with van der Waals surface area (Å²) in [4.78, 5) is 11.6. The average Bonchev–Trinajstić information content (AvgIpc) is 3.00. The molecule has 17 heavy (non-hydrogen) atoms. The largest absolute Gasteiger partial charge is 0.349 e. The molecule has 1 saturated carbocycles. The Kier molecular flexibility index (Phi) is 3.24. The van der Waals surface area contributed by atoms with Crippen LogP contribution in [0.4, 0.5) is 0 Å². The van der Waals surface area contributed by atoms with Gasteiger partial charge in [-0.25, -0.2) is 13.6 Å². The maximum atomic E-state index is 11.7. The predicted octanol–water partition coefficient (Wildman–Crippen LogP) is 0.989. The van der Waals surface area contributed by atoms with Gasteiger partial charge in [-0.3, -0.25) is 4.79 Å². The van der Waals surface area contributed by atoms with Crippen molar-refractivity contribution in [2.45, 2.75) is 23.8 Å². The second-order valence-corrected chi connectivity index (χ2v) is 6.32. The van der Waals surface area contributed by atoms with Crippen LogP contribution >= 0.6 is 15.9 Å². The molecule has 0 spiro atoms. The monoisotopic (exact) mass is 318 g/mol. The fourth-order valence-electron chi connectivity index (χ4n) is 1.36. The number of primary sulfonamides is 1. The maximum absolute atomic E-state index is 11.7. The summed E-state index contributed by atoms with van der Waals surface area (Å²) in [6.07, 6.45) is 1.95. The van der Waals surface area contributed by atoms with E-state index in [0.29, 0.717) is 10.0 Å². The SMILES string of the molecule is NS(=O)(=O)c1cc(C(=O)NC2CC2)ccc1Br. The highest BCUT2D eigenvalue weighted by Crippen LogP contribution is 2.23. The van der Waals surface area contributed by atoms with Crippen LogP contribution < -0.4 is 10.5 Å². The van der Waals surface area contributed by atoms with Crippen molar-refractivity contribution in [3.8, 4) is 0 Å². The smallest absolute Gasteiger partial charge is 0.251 e. The summed E-state index contributed by atoms with van der Waals surface area (Å²) >= 11 is 3.09. The lowest BCUT2D eigenvalue weighted by Gasteiger charge is -2.06. The van der Waals surface area contributed by atoms with E-state index in [1.165, 1.54) is 12.1 Å². The molecule has 1 aromatic rings. The summed E-state index contributed by atoms with van der Waals surface area (Å²) in [6.45, 7) is 0. The van der Waals surface area contributed by atoms with Gasteiger partial charge >= 0.3 is 0 Å². The number of nitrogens with two attached hydrogens (primary N) is 1. The van der Waals surface area contributed by atoms with Crippen LogP contribution in [0, 0.1) is 0 Å². The molecule has 2 rings (SSSR count). The zero-order valence-corrected chi connectivity index (χ0v) is 11.2. The lowest BCUT2D eigenvalue weighted by atomic mass is 10.2. The number of sulfonamides is 1.